The highest BCUT2D eigenvalue weighted by Crippen LogP contribution is 2.31. The summed E-state index contributed by atoms with van der Waals surface area (Å²) in [5.41, 5.74) is 3.46. The molecule has 0 spiro atoms. The van der Waals surface area contributed by atoms with E-state index in [1.807, 2.05) is 28.8 Å². The highest BCUT2D eigenvalue weighted by molar-refractivity contribution is 9.10. The van der Waals surface area contributed by atoms with Gasteiger partial charge in [0.25, 0.3) is 5.56 Å². The third-order valence-corrected chi connectivity index (χ3v) is 6.66. The first-order chi connectivity index (χ1) is 15.5. The number of hydrogen-bond donors (Lipinski definition) is 0. The number of hydrogen-bond acceptors (Lipinski definition) is 4. The van der Waals surface area contributed by atoms with Crippen LogP contribution in [0.1, 0.15) is 24.5 Å². The van der Waals surface area contributed by atoms with Gasteiger partial charge in [-0.15, -0.1) is 0 Å². The molecule has 2 aromatic heterocycles. The first-order valence-electron chi connectivity index (χ1n) is 10.8. The fourth-order valence-corrected chi connectivity index (χ4v) is 4.60. The Kier molecular flexibility index (Phi) is 5.25. The van der Waals surface area contributed by atoms with E-state index in [1.54, 1.807) is 7.05 Å². The Hall–Kier alpha value is -3.13. The minimum absolute atomic E-state index is 0.220. The number of benzene rings is 2. The topological polar surface area (TPSA) is 65.1 Å². The van der Waals surface area contributed by atoms with E-state index in [9.17, 15) is 9.59 Å². The number of halogens is 1. The Bertz CT molecular complexity index is 1410. The van der Waals surface area contributed by atoms with Gasteiger partial charge in [-0.3, -0.25) is 13.9 Å². The highest BCUT2D eigenvalue weighted by Gasteiger charge is 2.27. The number of aromatic nitrogens is 4. The highest BCUT2D eigenvalue weighted by atomic mass is 79.9. The average molecular weight is 494 g/mol. The minimum atomic E-state index is -0.361. The lowest BCUT2D eigenvalue weighted by atomic mass is 10.1. The normalized spacial score (nSPS) is 13.5. The number of rotatable bonds is 4. The molecule has 0 atom stereocenters. The predicted molar refractivity (Wildman–Crippen MR) is 130 cm³/mol. The molecule has 0 bridgehead atoms. The molecular formula is C24H24BrN5O2. The second-order valence-electron chi connectivity index (χ2n) is 8.12. The molecular weight excluding hydrogens is 470 g/mol. The summed E-state index contributed by atoms with van der Waals surface area (Å²) in [6.07, 6.45) is 1.88. The van der Waals surface area contributed by atoms with Crippen LogP contribution in [0.15, 0.2) is 62.6 Å². The molecule has 0 radical (unpaired) electrons. The van der Waals surface area contributed by atoms with Crippen LogP contribution in [0, 0.1) is 0 Å². The number of anilines is 2. The number of imidazole rings is 1. The predicted octanol–water partition coefficient (Wildman–Crippen LogP) is 3.81. The van der Waals surface area contributed by atoms with Gasteiger partial charge in [0.05, 0.1) is 6.54 Å². The Labute approximate surface area is 193 Å². The Balaban J connectivity index is 1.66. The van der Waals surface area contributed by atoms with E-state index < -0.39 is 0 Å². The van der Waals surface area contributed by atoms with Gasteiger partial charge in [-0.25, -0.2) is 4.79 Å². The van der Waals surface area contributed by atoms with Crippen molar-refractivity contribution in [3.05, 3.63) is 85.0 Å². The lowest BCUT2D eigenvalue weighted by Gasteiger charge is -2.29. The van der Waals surface area contributed by atoms with Crippen molar-refractivity contribution in [3.63, 3.8) is 0 Å². The maximum absolute atomic E-state index is 13.5. The van der Waals surface area contributed by atoms with Gasteiger partial charge in [0, 0.05) is 30.3 Å². The van der Waals surface area contributed by atoms with Crippen LogP contribution in [0.2, 0.25) is 0 Å². The summed E-state index contributed by atoms with van der Waals surface area (Å²) < 4.78 is 5.70. The molecule has 0 fully saturated rings. The second kappa shape index (κ2) is 8.09. The van der Waals surface area contributed by atoms with Crippen LogP contribution in [0.3, 0.4) is 0 Å². The molecule has 4 aromatic rings. The fraction of sp³-hybridized carbons (Fsp3) is 0.292. The molecule has 0 N–H and O–H groups in total. The van der Waals surface area contributed by atoms with Crippen LogP contribution >= 0.6 is 15.9 Å². The van der Waals surface area contributed by atoms with Crippen LogP contribution in [-0.4, -0.2) is 25.2 Å². The zero-order valence-electron chi connectivity index (χ0n) is 18.1. The molecule has 1 aliphatic heterocycles. The van der Waals surface area contributed by atoms with E-state index in [0.717, 1.165) is 35.1 Å². The summed E-state index contributed by atoms with van der Waals surface area (Å²) in [4.78, 5) is 33.5. The van der Waals surface area contributed by atoms with Crippen molar-refractivity contribution in [3.8, 4) is 0 Å². The molecule has 2 aromatic carbocycles. The summed E-state index contributed by atoms with van der Waals surface area (Å²) >= 11 is 3.42. The summed E-state index contributed by atoms with van der Waals surface area (Å²) in [5, 5.41) is 0. The standard InChI is InChI=1S/C24H24BrN5O2/c1-3-16-7-11-19(12-8-16)28-13-4-14-29-20-21(26-23(28)29)27(2)24(32)30(22(20)31)15-17-5-9-18(25)10-6-17/h5-12H,3-4,13-15H2,1-2H3. The molecule has 0 saturated carbocycles. The van der Waals surface area contributed by atoms with Gasteiger partial charge in [0.15, 0.2) is 11.2 Å². The van der Waals surface area contributed by atoms with Crippen LogP contribution < -0.4 is 16.1 Å². The maximum atomic E-state index is 13.5. The van der Waals surface area contributed by atoms with Crippen molar-refractivity contribution in [2.45, 2.75) is 32.9 Å². The van der Waals surface area contributed by atoms with Gasteiger partial charge in [0.2, 0.25) is 5.95 Å². The third-order valence-electron chi connectivity index (χ3n) is 6.13. The van der Waals surface area contributed by atoms with Crippen LogP contribution in [0.5, 0.6) is 0 Å². The second-order valence-corrected chi connectivity index (χ2v) is 9.04. The lowest BCUT2D eigenvalue weighted by molar-refractivity contribution is 0.597. The fourth-order valence-electron chi connectivity index (χ4n) is 4.33. The SMILES string of the molecule is CCc1ccc(N2CCCn3c2nc2c3c(=O)n(Cc3ccc(Br)cc3)c(=O)n2C)cc1. The van der Waals surface area contributed by atoms with Gasteiger partial charge < -0.3 is 9.47 Å². The van der Waals surface area contributed by atoms with Gasteiger partial charge >= 0.3 is 5.69 Å². The van der Waals surface area contributed by atoms with E-state index in [0.29, 0.717) is 23.7 Å². The molecule has 5 rings (SSSR count). The Morgan fingerprint density at radius 2 is 1.66 bits per heavy atom. The van der Waals surface area contributed by atoms with E-state index in [4.69, 9.17) is 4.98 Å². The molecule has 0 amide bonds. The van der Waals surface area contributed by atoms with Crippen molar-refractivity contribution >= 4 is 38.7 Å². The van der Waals surface area contributed by atoms with E-state index in [-0.39, 0.29) is 17.8 Å². The van der Waals surface area contributed by atoms with Gasteiger partial charge in [-0.1, -0.05) is 47.1 Å². The average Bonchev–Trinajstić information content (AvgIpc) is 3.22. The number of nitrogens with zero attached hydrogens (tertiary/aromatic N) is 5. The summed E-state index contributed by atoms with van der Waals surface area (Å²) in [7, 11) is 1.68. The number of aryl methyl sites for hydroxylation is 3. The lowest BCUT2D eigenvalue weighted by Crippen LogP contribution is -2.40. The van der Waals surface area contributed by atoms with Crippen molar-refractivity contribution < 1.29 is 0 Å². The maximum Gasteiger partial charge on any atom is 0.332 e. The molecule has 0 aliphatic carbocycles. The van der Waals surface area contributed by atoms with Crippen molar-refractivity contribution in [2.24, 2.45) is 7.05 Å². The number of fused-ring (bicyclic) bond motifs is 3. The molecule has 7 nitrogen and oxygen atoms in total. The van der Waals surface area contributed by atoms with Crippen molar-refractivity contribution in [1.82, 2.24) is 18.7 Å². The summed E-state index contributed by atoms with van der Waals surface area (Å²) in [5.74, 6) is 0.712. The molecule has 164 valence electrons. The zero-order chi connectivity index (χ0) is 22.4. The Morgan fingerprint density at radius 3 is 2.34 bits per heavy atom. The van der Waals surface area contributed by atoms with Crippen molar-refractivity contribution in [1.29, 1.82) is 0 Å². The van der Waals surface area contributed by atoms with Gasteiger partial charge in [-0.2, -0.15) is 4.98 Å². The van der Waals surface area contributed by atoms with Gasteiger partial charge in [0.1, 0.15) is 0 Å². The van der Waals surface area contributed by atoms with Gasteiger partial charge in [-0.05, 0) is 48.2 Å². The zero-order valence-corrected chi connectivity index (χ0v) is 19.7. The minimum Gasteiger partial charge on any atom is -0.312 e. The molecule has 0 saturated heterocycles. The quantitative estimate of drug-likeness (QED) is 0.433. The first kappa shape index (κ1) is 20.8. The monoisotopic (exact) mass is 493 g/mol. The first-order valence-corrected chi connectivity index (χ1v) is 11.6. The van der Waals surface area contributed by atoms with Crippen LogP contribution in [0.4, 0.5) is 11.6 Å². The van der Waals surface area contributed by atoms with Crippen molar-refractivity contribution in [2.75, 3.05) is 11.4 Å². The van der Waals surface area contributed by atoms with Crippen LogP contribution in [-0.2, 0) is 26.6 Å². The Morgan fingerprint density at radius 1 is 0.969 bits per heavy atom. The molecule has 3 heterocycles. The summed E-state index contributed by atoms with van der Waals surface area (Å²) in [6, 6.07) is 16.1. The molecule has 0 unspecified atom stereocenters. The molecule has 1 aliphatic rings. The van der Waals surface area contributed by atoms with E-state index in [2.05, 4.69) is 52.0 Å². The largest absolute Gasteiger partial charge is 0.332 e. The smallest absolute Gasteiger partial charge is 0.312 e. The van der Waals surface area contributed by atoms with Crippen LogP contribution in [0.25, 0.3) is 11.2 Å². The molecule has 8 heteroatoms. The van der Waals surface area contributed by atoms with E-state index >= 15 is 0 Å². The van der Waals surface area contributed by atoms with E-state index in [1.165, 1.54) is 14.7 Å². The molecule has 32 heavy (non-hydrogen) atoms. The third kappa shape index (κ3) is 3.39. The summed E-state index contributed by atoms with van der Waals surface area (Å²) in [6.45, 7) is 3.86.